The van der Waals surface area contributed by atoms with Crippen LogP contribution in [0.1, 0.15) is 63.1 Å². The first-order chi connectivity index (χ1) is 21.3. The number of methoxy groups -OCH3 is 1. The first kappa shape index (κ1) is 32.4. The van der Waals surface area contributed by atoms with Crippen LogP contribution in [0, 0.1) is 5.92 Å². The molecule has 238 valence electrons. The number of hydrogen-bond donors (Lipinski definition) is 1. The summed E-state index contributed by atoms with van der Waals surface area (Å²) in [6, 6.07) is 17.3. The smallest absolute Gasteiger partial charge is 0.226 e. The minimum Gasteiger partial charge on any atom is -0.497 e. The maximum absolute atomic E-state index is 12.7. The zero-order valence-corrected chi connectivity index (χ0v) is 28.0. The number of aromatic nitrogens is 3. The minimum atomic E-state index is -1.94. The Hall–Kier alpha value is -3.01. The number of rotatable bonds is 12. The Morgan fingerprint density at radius 3 is 2.45 bits per heavy atom. The molecule has 3 heterocycles. The third-order valence-electron chi connectivity index (χ3n) is 9.96. The van der Waals surface area contributed by atoms with Crippen LogP contribution >= 0.6 is 0 Å². The summed E-state index contributed by atoms with van der Waals surface area (Å²) < 4.78 is 14.3. The maximum atomic E-state index is 12.7. The highest BCUT2D eigenvalue weighted by atomic mass is 28.3. The number of ether oxygens (including phenoxy) is 2. The van der Waals surface area contributed by atoms with Crippen LogP contribution in [-0.2, 0) is 28.9 Å². The fourth-order valence-corrected chi connectivity index (χ4v) is 11.6. The SMILES string of the molecule is COc1ccc([Si](C)(C)[C@H]2[C@H](C)[C@H](CCc3ccc(N4CCCCCCC4=O)cc3)O[C@@H]2CCn2cc(CCO)nn2)cc1. The van der Waals surface area contributed by atoms with Crippen molar-refractivity contribution in [2.75, 3.05) is 25.2 Å². The normalized spacial score (nSPS) is 23.0. The molecule has 1 aromatic heterocycles. The van der Waals surface area contributed by atoms with E-state index < -0.39 is 8.07 Å². The molecule has 0 unspecified atom stereocenters. The van der Waals surface area contributed by atoms with Gasteiger partial charge in [-0.15, -0.1) is 5.10 Å². The van der Waals surface area contributed by atoms with Crippen LogP contribution in [0.5, 0.6) is 5.75 Å². The van der Waals surface area contributed by atoms with Crippen LogP contribution in [-0.4, -0.2) is 66.6 Å². The molecule has 3 aromatic rings. The van der Waals surface area contributed by atoms with Crippen molar-refractivity contribution in [2.24, 2.45) is 5.92 Å². The lowest BCUT2D eigenvalue weighted by molar-refractivity contribution is -0.118. The molecule has 0 radical (unpaired) electrons. The van der Waals surface area contributed by atoms with E-state index in [4.69, 9.17) is 9.47 Å². The van der Waals surface area contributed by atoms with Gasteiger partial charge >= 0.3 is 0 Å². The van der Waals surface area contributed by atoms with Crippen molar-refractivity contribution >= 4 is 24.9 Å². The lowest BCUT2D eigenvalue weighted by atomic mass is 9.95. The highest BCUT2D eigenvalue weighted by Crippen LogP contribution is 2.46. The van der Waals surface area contributed by atoms with Gasteiger partial charge in [-0.25, -0.2) is 0 Å². The second-order valence-electron chi connectivity index (χ2n) is 13.2. The monoisotopic (exact) mass is 618 g/mol. The predicted molar refractivity (Wildman–Crippen MR) is 177 cm³/mol. The fraction of sp³-hybridized carbons (Fsp3) is 0.571. The highest BCUT2D eigenvalue weighted by molar-refractivity contribution is 6.91. The van der Waals surface area contributed by atoms with Crippen LogP contribution in [0.15, 0.2) is 54.7 Å². The highest BCUT2D eigenvalue weighted by Gasteiger charge is 2.50. The van der Waals surface area contributed by atoms with E-state index in [0.717, 1.165) is 68.7 Å². The van der Waals surface area contributed by atoms with Crippen molar-refractivity contribution < 1.29 is 19.4 Å². The Bertz CT molecular complexity index is 1340. The Kier molecular flexibility index (Phi) is 10.9. The van der Waals surface area contributed by atoms with E-state index in [-0.39, 0.29) is 24.7 Å². The number of anilines is 1. The molecule has 2 aliphatic rings. The number of aliphatic hydroxyl groups excluding tert-OH is 1. The summed E-state index contributed by atoms with van der Waals surface area (Å²) in [4.78, 5) is 14.7. The van der Waals surface area contributed by atoms with Crippen molar-refractivity contribution in [1.82, 2.24) is 15.0 Å². The largest absolute Gasteiger partial charge is 0.497 e. The molecular formula is C35H50N4O4Si. The van der Waals surface area contributed by atoms with E-state index in [1.54, 1.807) is 7.11 Å². The number of hydrogen-bond acceptors (Lipinski definition) is 6. The number of carbonyl (C=O) groups is 1. The summed E-state index contributed by atoms with van der Waals surface area (Å²) in [5.41, 5.74) is 3.57. The Balaban J connectivity index is 1.28. The van der Waals surface area contributed by atoms with E-state index in [1.807, 2.05) is 15.8 Å². The summed E-state index contributed by atoms with van der Waals surface area (Å²) in [6.07, 6.45) is 10.6. The van der Waals surface area contributed by atoms with Crippen molar-refractivity contribution in [2.45, 2.75) is 102 Å². The summed E-state index contributed by atoms with van der Waals surface area (Å²) in [5, 5.41) is 19.2. The standard InChI is InChI=1S/C35H50N4O4Si/c1-26-32(19-12-27-10-13-29(14-11-27)39-22-8-6-5-7-9-34(39)41)43-33(20-23-38-25-28(21-24-40)36-37-38)35(26)44(3,4)31-17-15-30(42-2)16-18-31/h10-11,13-18,25-26,32-33,35,40H,5-9,12,19-24H2,1-4H3/t26-,32+,33-,35+/m1/s1. The minimum absolute atomic E-state index is 0.0758. The van der Waals surface area contributed by atoms with Crippen LogP contribution in [0.3, 0.4) is 0 Å². The van der Waals surface area contributed by atoms with Gasteiger partial charge in [0, 0.05) is 44.4 Å². The topological polar surface area (TPSA) is 89.7 Å². The zero-order chi connectivity index (χ0) is 31.1. The lowest BCUT2D eigenvalue weighted by Crippen LogP contribution is -2.50. The first-order valence-electron chi connectivity index (χ1n) is 16.5. The van der Waals surface area contributed by atoms with Gasteiger partial charge in [-0.2, -0.15) is 0 Å². The van der Waals surface area contributed by atoms with Crippen molar-refractivity contribution in [3.05, 3.63) is 66.0 Å². The van der Waals surface area contributed by atoms with Gasteiger partial charge in [0.15, 0.2) is 0 Å². The van der Waals surface area contributed by atoms with E-state index in [1.165, 1.54) is 17.2 Å². The average molecular weight is 619 g/mol. The van der Waals surface area contributed by atoms with Crippen LogP contribution in [0.25, 0.3) is 0 Å². The molecule has 5 rings (SSSR count). The van der Waals surface area contributed by atoms with Gasteiger partial charge in [-0.1, -0.05) is 67.5 Å². The summed E-state index contributed by atoms with van der Waals surface area (Å²) >= 11 is 0. The second kappa shape index (κ2) is 14.8. The zero-order valence-electron chi connectivity index (χ0n) is 27.0. The lowest BCUT2D eigenvalue weighted by Gasteiger charge is -2.36. The van der Waals surface area contributed by atoms with Crippen molar-refractivity contribution in [3.8, 4) is 5.75 Å². The predicted octanol–water partition coefficient (Wildman–Crippen LogP) is 5.53. The van der Waals surface area contributed by atoms with Crippen molar-refractivity contribution in [3.63, 3.8) is 0 Å². The van der Waals surface area contributed by atoms with Gasteiger partial charge < -0.3 is 19.5 Å². The number of nitrogens with zero attached hydrogens (tertiary/aromatic N) is 4. The van der Waals surface area contributed by atoms with Crippen LogP contribution < -0.4 is 14.8 Å². The van der Waals surface area contributed by atoms with E-state index >= 15 is 0 Å². The van der Waals surface area contributed by atoms with E-state index in [0.29, 0.717) is 24.3 Å². The summed E-state index contributed by atoms with van der Waals surface area (Å²) in [7, 11) is -0.229. The van der Waals surface area contributed by atoms with Crippen molar-refractivity contribution in [1.29, 1.82) is 0 Å². The molecule has 0 saturated carbocycles. The van der Waals surface area contributed by atoms with Crippen LogP contribution in [0.4, 0.5) is 5.69 Å². The van der Waals surface area contributed by atoms with Crippen LogP contribution in [0.2, 0.25) is 18.6 Å². The molecule has 8 nitrogen and oxygen atoms in total. The van der Waals surface area contributed by atoms with E-state index in [2.05, 4.69) is 78.9 Å². The molecule has 2 aromatic carbocycles. The molecule has 1 N–H and O–H groups in total. The fourth-order valence-electron chi connectivity index (χ4n) is 7.44. The maximum Gasteiger partial charge on any atom is 0.226 e. The first-order valence-corrected chi connectivity index (χ1v) is 19.6. The Labute approximate surface area is 263 Å². The third kappa shape index (κ3) is 7.61. The molecule has 9 heteroatoms. The van der Waals surface area contributed by atoms with Gasteiger partial charge in [-0.3, -0.25) is 9.48 Å². The molecule has 2 saturated heterocycles. The number of benzene rings is 2. The summed E-state index contributed by atoms with van der Waals surface area (Å²) in [6.45, 7) is 8.98. The van der Waals surface area contributed by atoms with Gasteiger partial charge in [0.05, 0.1) is 33.1 Å². The number of aryl methyl sites for hydroxylation is 2. The molecule has 0 aliphatic carbocycles. The number of aliphatic hydroxyl groups is 1. The Morgan fingerprint density at radius 1 is 0.977 bits per heavy atom. The Morgan fingerprint density at radius 2 is 1.73 bits per heavy atom. The number of amides is 1. The second-order valence-corrected chi connectivity index (χ2v) is 17.9. The number of carbonyl (C=O) groups excluding carboxylic acids is 1. The molecule has 0 spiro atoms. The van der Waals surface area contributed by atoms with Gasteiger partial charge in [0.1, 0.15) is 5.75 Å². The molecule has 4 atom stereocenters. The van der Waals surface area contributed by atoms with Gasteiger partial charge in [-0.05, 0) is 73.4 Å². The third-order valence-corrected chi connectivity index (χ3v) is 14.3. The van der Waals surface area contributed by atoms with Gasteiger partial charge in [0.25, 0.3) is 0 Å². The average Bonchev–Trinajstić information content (AvgIpc) is 3.61. The molecule has 2 aliphatic heterocycles. The van der Waals surface area contributed by atoms with E-state index in [9.17, 15) is 9.90 Å². The molecule has 2 fully saturated rings. The van der Waals surface area contributed by atoms with Gasteiger partial charge in [0.2, 0.25) is 5.91 Å². The molecule has 0 bridgehead atoms. The molecule has 44 heavy (non-hydrogen) atoms. The molecule has 1 amide bonds. The quantitative estimate of drug-likeness (QED) is 0.269. The summed E-state index contributed by atoms with van der Waals surface area (Å²) in [5.74, 6) is 1.56. The molecular weight excluding hydrogens is 568 g/mol.